The van der Waals surface area contributed by atoms with Gasteiger partial charge in [0.1, 0.15) is 0 Å². The molecular weight excluding hydrogens is 367 g/mol. The van der Waals surface area contributed by atoms with Gasteiger partial charge in [0.2, 0.25) is 0 Å². The van der Waals surface area contributed by atoms with Crippen molar-refractivity contribution in [1.29, 1.82) is 0 Å². The van der Waals surface area contributed by atoms with Gasteiger partial charge in [0.25, 0.3) is 0 Å². The van der Waals surface area contributed by atoms with Crippen molar-refractivity contribution in [2.24, 2.45) is 0 Å². The molecule has 3 rings (SSSR count). The molecule has 138 valence electrons. The van der Waals surface area contributed by atoms with E-state index < -0.39 is 29.4 Å². The maximum absolute atomic E-state index is 12.9. The largest absolute Gasteiger partial charge is 0.478 e. The first-order valence-corrected chi connectivity index (χ1v) is 7.38. The fraction of sp³-hybridized carbons (Fsp3) is 0.0588. The molecule has 0 atom stereocenters. The molecule has 0 unspecified atom stereocenters. The second kappa shape index (κ2) is 6.56. The summed E-state index contributed by atoms with van der Waals surface area (Å²) in [6.07, 6.45) is -4.58. The summed E-state index contributed by atoms with van der Waals surface area (Å²) in [6, 6.07) is 7.90. The van der Waals surface area contributed by atoms with Crippen LogP contribution >= 0.6 is 0 Å². The highest BCUT2D eigenvalue weighted by Crippen LogP contribution is 2.31. The van der Waals surface area contributed by atoms with Crippen molar-refractivity contribution in [3.05, 3.63) is 59.3 Å². The summed E-state index contributed by atoms with van der Waals surface area (Å²) in [5.41, 5.74) is -1.26. The van der Waals surface area contributed by atoms with E-state index in [0.717, 1.165) is 18.2 Å². The van der Waals surface area contributed by atoms with E-state index in [0.29, 0.717) is 5.69 Å². The number of benzene rings is 2. The second-order valence-electron chi connectivity index (χ2n) is 5.43. The molecule has 3 aromatic rings. The molecule has 0 saturated heterocycles. The van der Waals surface area contributed by atoms with E-state index in [1.54, 1.807) is 0 Å². The SMILES string of the molecule is O=C(O)c1ccc(Nc2nc3cc(C(F)(F)F)ccc3nc2C(=O)O)cc1. The number of nitrogens with one attached hydrogen (secondary N) is 1. The molecule has 0 aliphatic rings. The summed E-state index contributed by atoms with van der Waals surface area (Å²) in [5.74, 6) is -2.83. The molecule has 0 fully saturated rings. The van der Waals surface area contributed by atoms with E-state index in [9.17, 15) is 27.9 Å². The number of nitrogens with zero attached hydrogens (tertiary/aromatic N) is 2. The van der Waals surface area contributed by atoms with E-state index >= 15 is 0 Å². The van der Waals surface area contributed by atoms with Gasteiger partial charge in [0, 0.05) is 5.69 Å². The van der Waals surface area contributed by atoms with Crippen LogP contribution in [-0.4, -0.2) is 32.1 Å². The molecule has 0 amide bonds. The van der Waals surface area contributed by atoms with Gasteiger partial charge in [-0.15, -0.1) is 0 Å². The van der Waals surface area contributed by atoms with E-state index in [1.807, 2.05) is 0 Å². The molecule has 27 heavy (non-hydrogen) atoms. The van der Waals surface area contributed by atoms with Crippen molar-refractivity contribution >= 4 is 34.5 Å². The third kappa shape index (κ3) is 3.78. The van der Waals surface area contributed by atoms with Crippen LogP contribution in [0, 0.1) is 0 Å². The minimum atomic E-state index is -4.58. The highest BCUT2D eigenvalue weighted by Gasteiger charge is 2.31. The van der Waals surface area contributed by atoms with Gasteiger partial charge in [-0.05, 0) is 42.5 Å². The molecule has 0 radical (unpaired) electrons. The maximum Gasteiger partial charge on any atom is 0.416 e. The van der Waals surface area contributed by atoms with E-state index in [4.69, 9.17) is 5.11 Å². The number of hydrogen-bond donors (Lipinski definition) is 3. The van der Waals surface area contributed by atoms with Crippen LogP contribution in [0.5, 0.6) is 0 Å². The zero-order valence-electron chi connectivity index (χ0n) is 13.3. The molecule has 1 aromatic heterocycles. The van der Waals surface area contributed by atoms with Crippen molar-refractivity contribution in [1.82, 2.24) is 9.97 Å². The standard InChI is InChI=1S/C17H10F3N3O4/c18-17(19,20)9-3-6-11-12(7-9)23-14(13(22-11)16(26)27)21-10-4-1-8(2-5-10)15(24)25/h1-7H,(H,21,23)(H,24,25)(H,26,27). The molecule has 1 heterocycles. The van der Waals surface area contributed by atoms with Gasteiger partial charge in [0.05, 0.1) is 22.2 Å². The fourth-order valence-electron chi connectivity index (χ4n) is 2.30. The van der Waals surface area contributed by atoms with Crippen LogP contribution in [0.25, 0.3) is 11.0 Å². The van der Waals surface area contributed by atoms with Crippen LogP contribution in [0.4, 0.5) is 24.7 Å². The van der Waals surface area contributed by atoms with Gasteiger partial charge in [-0.2, -0.15) is 13.2 Å². The lowest BCUT2D eigenvalue weighted by atomic mass is 10.1. The Morgan fingerprint density at radius 2 is 1.56 bits per heavy atom. The quantitative estimate of drug-likeness (QED) is 0.634. The lowest BCUT2D eigenvalue weighted by molar-refractivity contribution is -0.137. The zero-order valence-corrected chi connectivity index (χ0v) is 13.3. The molecule has 0 bridgehead atoms. The summed E-state index contributed by atoms with van der Waals surface area (Å²) in [5, 5.41) is 20.8. The molecule has 7 nitrogen and oxygen atoms in total. The average Bonchev–Trinajstić information content (AvgIpc) is 2.60. The number of hydrogen-bond acceptors (Lipinski definition) is 5. The van der Waals surface area contributed by atoms with Crippen LogP contribution < -0.4 is 5.32 Å². The summed E-state index contributed by atoms with van der Waals surface area (Å²) >= 11 is 0. The van der Waals surface area contributed by atoms with Crippen molar-refractivity contribution in [3.8, 4) is 0 Å². The van der Waals surface area contributed by atoms with Gasteiger partial charge < -0.3 is 15.5 Å². The number of alkyl halides is 3. The Kier molecular flexibility index (Phi) is 4.40. The number of carboxylic acids is 2. The van der Waals surface area contributed by atoms with Crippen LogP contribution in [0.2, 0.25) is 0 Å². The minimum Gasteiger partial charge on any atom is -0.478 e. The Labute approximate surface area is 149 Å². The molecule has 0 spiro atoms. The van der Waals surface area contributed by atoms with E-state index in [2.05, 4.69) is 15.3 Å². The van der Waals surface area contributed by atoms with E-state index in [1.165, 1.54) is 24.3 Å². The number of carboxylic acid groups (broad SMARTS) is 2. The predicted octanol–water partition coefficient (Wildman–Crippen LogP) is 3.79. The summed E-state index contributed by atoms with van der Waals surface area (Å²) in [6.45, 7) is 0. The Hall–Kier alpha value is -3.69. The first-order valence-electron chi connectivity index (χ1n) is 7.38. The number of rotatable bonds is 4. The van der Waals surface area contributed by atoms with Crippen LogP contribution in [0.1, 0.15) is 26.4 Å². The monoisotopic (exact) mass is 377 g/mol. The lowest BCUT2D eigenvalue weighted by Gasteiger charge is -2.11. The van der Waals surface area contributed by atoms with Gasteiger partial charge in [-0.1, -0.05) is 0 Å². The normalized spacial score (nSPS) is 11.4. The van der Waals surface area contributed by atoms with Gasteiger partial charge in [-0.25, -0.2) is 19.6 Å². The average molecular weight is 377 g/mol. The van der Waals surface area contributed by atoms with Crippen LogP contribution in [0.3, 0.4) is 0 Å². The predicted molar refractivity (Wildman–Crippen MR) is 88.2 cm³/mol. The van der Waals surface area contributed by atoms with Crippen LogP contribution in [0.15, 0.2) is 42.5 Å². The minimum absolute atomic E-state index is 0.00725. The lowest BCUT2D eigenvalue weighted by Crippen LogP contribution is -2.10. The number of carbonyl (C=O) groups is 2. The summed E-state index contributed by atoms with van der Waals surface area (Å²) < 4.78 is 38.6. The Morgan fingerprint density at radius 1 is 0.889 bits per heavy atom. The number of anilines is 2. The van der Waals surface area contributed by atoms with Gasteiger partial charge in [-0.3, -0.25) is 0 Å². The zero-order chi connectivity index (χ0) is 19.8. The second-order valence-corrected chi connectivity index (χ2v) is 5.43. The molecule has 10 heteroatoms. The van der Waals surface area contributed by atoms with Crippen molar-refractivity contribution < 1.29 is 33.0 Å². The Morgan fingerprint density at radius 3 is 2.11 bits per heavy atom. The highest BCUT2D eigenvalue weighted by atomic mass is 19.4. The van der Waals surface area contributed by atoms with Gasteiger partial charge in [0.15, 0.2) is 11.5 Å². The third-order valence-electron chi connectivity index (χ3n) is 3.59. The first-order chi connectivity index (χ1) is 12.6. The molecule has 0 aliphatic carbocycles. The summed E-state index contributed by atoms with van der Waals surface area (Å²) in [4.78, 5) is 30.1. The van der Waals surface area contributed by atoms with Gasteiger partial charge >= 0.3 is 18.1 Å². The number of aromatic carboxylic acids is 2. The molecule has 3 N–H and O–H groups in total. The highest BCUT2D eigenvalue weighted by molar-refractivity contribution is 5.95. The Bertz CT molecular complexity index is 1050. The maximum atomic E-state index is 12.9. The Balaban J connectivity index is 2.07. The fourth-order valence-corrected chi connectivity index (χ4v) is 2.30. The number of aromatic nitrogens is 2. The first kappa shape index (κ1) is 18.1. The number of halogens is 3. The molecule has 2 aromatic carbocycles. The molecule has 0 saturated carbocycles. The van der Waals surface area contributed by atoms with Crippen molar-refractivity contribution in [2.75, 3.05) is 5.32 Å². The van der Waals surface area contributed by atoms with Crippen molar-refractivity contribution in [2.45, 2.75) is 6.18 Å². The molecular formula is C17H10F3N3O4. The summed E-state index contributed by atoms with van der Waals surface area (Å²) in [7, 11) is 0. The smallest absolute Gasteiger partial charge is 0.416 e. The number of fused-ring (bicyclic) bond motifs is 1. The van der Waals surface area contributed by atoms with Crippen molar-refractivity contribution in [3.63, 3.8) is 0 Å². The van der Waals surface area contributed by atoms with Crippen LogP contribution in [-0.2, 0) is 6.18 Å². The third-order valence-corrected chi connectivity index (χ3v) is 3.59. The van der Waals surface area contributed by atoms with E-state index in [-0.39, 0.29) is 22.4 Å². The topological polar surface area (TPSA) is 112 Å². The molecule has 0 aliphatic heterocycles.